The molecule has 1 aromatic heterocycles. The lowest BCUT2D eigenvalue weighted by molar-refractivity contribution is -0.142. The number of rotatable bonds is 7. The van der Waals surface area contributed by atoms with Gasteiger partial charge in [-0.25, -0.2) is 4.79 Å². The molecule has 1 aromatic carbocycles. The molecule has 0 spiro atoms. The Bertz CT molecular complexity index is 719. The van der Waals surface area contributed by atoms with E-state index in [2.05, 4.69) is 15.5 Å². The Kier molecular flexibility index (Phi) is 5.68. The lowest BCUT2D eigenvalue weighted by Gasteiger charge is -2.16. The Hall–Kier alpha value is -2.70. The summed E-state index contributed by atoms with van der Waals surface area (Å²) in [5, 5.41) is 15.7. The van der Waals surface area contributed by atoms with E-state index in [1.807, 2.05) is 19.9 Å². The third-order valence-corrected chi connectivity index (χ3v) is 3.49. The van der Waals surface area contributed by atoms with Crippen molar-refractivity contribution in [3.05, 3.63) is 46.6 Å². The fourth-order valence-electron chi connectivity index (χ4n) is 2.54. The molecule has 0 radical (unpaired) electrons. The van der Waals surface area contributed by atoms with Gasteiger partial charge < -0.3 is 14.9 Å². The molecule has 0 aliphatic rings. The largest absolute Gasteiger partial charge is 0.479 e. The molecule has 128 valence electrons. The molecule has 7 nitrogen and oxygen atoms in total. The number of nitrogens with zero attached hydrogens (tertiary/aromatic N) is 2. The van der Waals surface area contributed by atoms with Crippen molar-refractivity contribution in [1.82, 2.24) is 15.5 Å². The van der Waals surface area contributed by atoms with Crippen molar-refractivity contribution in [3.63, 3.8) is 0 Å². The second-order valence-electron chi connectivity index (χ2n) is 5.85. The van der Waals surface area contributed by atoms with E-state index in [1.54, 1.807) is 19.1 Å². The number of carboxylic acid groups (broad SMARTS) is 1. The maximum Gasteiger partial charge on any atom is 0.330 e. The number of hydrogen-bond donors (Lipinski definition) is 2. The van der Waals surface area contributed by atoms with Crippen molar-refractivity contribution < 1.29 is 19.2 Å². The first-order valence-corrected chi connectivity index (χ1v) is 7.74. The summed E-state index contributed by atoms with van der Waals surface area (Å²) in [5.74, 6) is -0.377. The molecule has 0 bridgehead atoms. The monoisotopic (exact) mass is 331 g/mol. The van der Waals surface area contributed by atoms with Gasteiger partial charge in [0.1, 0.15) is 0 Å². The van der Waals surface area contributed by atoms with Gasteiger partial charge in [-0.15, -0.1) is 0 Å². The van der Waals surface area contributed by atoms with Crippen LogP contribution in [-0.2, 0) is 16.0 Å². The van der Waals surface area contributed by atoms with E-state index >= 15 is 0 Å². The lowest BCUT2D eigenvalue weighted by Crippen LogP contribution is -2.33. The maximum atomic E-state index is 12.1. The molecule has 24 heavy (non-hydrogen) atoms. The third kappa shape index (κ3) is 4.91. The molecule has 0 aliphatic heterocycles. The standard InChI is InChI=1S/C17H21N3O4/c1-10-7-11(2)9-13(8-10)16(17(22)23)19-14(21)5-4-6-15-18-12(3)20-24-15/h7-9,16H,4-6H2,1-3H3,(H,19,21)(H,22,23). The van der Waals surface area contributed by atoms with E-state index in [1.165, 1.54) is 0 Å². The van der Waals surface area contributed by atoms with Crippen LogP contribution in [0.15, 0.2) is 22.7 Å². The fourth-order valence-corrected chi connectivity index (χ4v) is 2.54. The van der Waals surface area contributed by atoms with Crippen LogP contribution in [0.1, 0.15) is 47.3 Å². The highest BCUT2D eigenvalue weighted by Gasteiger charge is 2.22. The highest BCUT2D eigenvalue weighted by atomic mass is 16.5. The second kappa shape index (κ2) is 7.72. The Morgan fingerprint density at radius 3 is 2.42 bits per heavy atom. The van der Waals surface area contributed by atoms with Crippen LogP contribution >= 0.6 is 0 Å². The van der Waals surface area contributed by atoms with E-state index in [0.29, 0.717) is 30.1 Å². The Labute approximate surface area is 140 Å². The smallest absolute Gasteiger partial charge is 0.330 e. The summed E-state index contributed by atoms with van der Waals surface area (Å²) in [6.07, 6.45) is 1.18. The minimum absolute atomic E-state index is 0.190. The summed E-state index contributed by atoms with van der Waals surface area (Å²) in [7, 11) is 0. The van der Waals surface area contributed by atoms with Gasteiger partial charge in [0, 0.05) is 12.8 Å². The number of aliphatic carboxylic acids is 1. The van der Waals surface area contributed by atoms with E-state index < -0.39 is 12.0 Å². The topological polar surface area (TPSA) is 105 Å². The molecule has 0 aliphatic carbocycles. The first-order valence-electron chi connectivity index (χ1n) is 7.74. The maximum absolute atomic E-state index is 12.1. The number of carbonyl (C=O) groups excluding carboxylic acids is 1. The van der Waals surface area contributed by atoms with Crippen LogP contribution in [0.25, 0.3) is 0 Å². The summed E-state index contributed by atoms with van der Waals surface area (Å²) < 4.78 is 4.97. The third-order valence-electron chi connectivity index (χ3n) is 3.49. The number of aromatic nitrogens is 2. The number of amides is 1. The van der Waals surface area contributed by atoms with E-state index in [0.717, 1.165) is 11.1 Å². The number of hydrogen-bond acceptors (Lipinski definition) is 5. The minimum Gasteiger partial charge on any atom is -0.479 e. The summed E-state index contributed by atoms with van der Waals surface area (Å²) in [5.41, 5.74) is 2.48. The van der Waals surface area contributed by atoms with Crippen LogP contribution in [-0.4, -0.2) is 27.1 Å². The number of carboxylic acids is 1. The molecular weight excluding hydrogens is 310 g/mol. The molecule has 0 saturated carbocycles. The van der Waals surface area contributed by atoms with Crippen molar-refractivity contribution in [2.45, 2.75) is 46.1 Å². The molecule has 1 amide bonds. The molecular formula is C17H21N3O4. The molecule has 7 heteroatoms. The zero-order valence-electron chi connectivity index (χ0n) is 14.0. The van der Waals surface area contributed by atoms with Gasteiger partial charge in [-0.2, -0.15) is 4.98 Å². The second-order valence-corrected chi connectivity index (χ2v) is 5.85. The molecule has 0 saturated heterocycles. The van der Waals surface area contributed by atoms with Gasteiger partial charge in [0.05, 0.1) is 0 Å². The van der Waals surface area contributed by atoms with E-state index in [-0.39, 0.29) is 12.3 Å². The average molecular weight is 331 g/mol. The van der Waals surface area contributed by atoms with Crippen LogP contribution in [0.3, 0.4) is 0 Å². The molecule has 2 N–H and O–H groups in total. The average Bonchev–Trinajstić information content (AvgIpc) is 2.89. The van der Waals surface area contributed by atoms with Crippen molar-refractivity contribution in [2.24, 2.45) is 0 Å². The van der Waals surface area contributed by atoms with Crippen LogP contribution in [0.2, 0.25) is 0 Å². The Balaban J connectivity index is 1.94. The summed E-state index contributed by atoms with van der Waals surface area (Å²) in [6.45, 7) is 5.51. The van der Waals surface area contributed by atoms with Crippen LogP contribution < -0.4 is 5.32 Å². The van der Waals surface area contributed by atoms with Crippen molar-refractivity contribution in [3.8, 4) is 0 Å². The van der Waals surface area contributed by atoms with Crippen LogP contribution in [0.4, 0.5) is 0 Å². The number of benzene rings is 1. The minimum atomic E-state index is -1.08. The predicted molar refractivity (Wildman–Crippen MR) is 86.4 cm³/mol. The van der Waals surface area contributed by atoms with E-state index in [9.17, 15) is 14.7 Å². The highest BCUT2D eigenvalue weighted by Crippen LogP contribution is 2.18. The highest BCUT2D eigenvalue weighted by molar-refractivity contribution is 5.84. The molecule has 1 heterocycles. The quantitative estimate of drug-likeness (QED) is 0.806. The van der Waals surface area contributed by atoms with Gasteiger partial charge in [0.15, 0.2) is 11.9 Å². The van der Waals surface area contributed by atoms with Crippen LogP contribution in [0, 0.1) is 20.8 Å². The first kappa shape index (κ1) is 17.7. The van der Waals surface area contributed by atoms with Crippen molar-refractivity contribution >= 4 is 11.9 Å². The molecule has 2 rings (SSSR count). The Morgan fingerprint density at radius 1 is 1.21 bits per heavy atom. The SMILES string of the molecule is Cc1cc(C)cc(C(NC(=O)CCCc2nc(C)no2)C(=O)O)c1. The van der Waals surface area contributed by atoms with Crippen molar-refractivity contribution in [2.75, 3.05) is 0 Å². The van der Waals surface area contributed by atoms with Gasteiger partial charge in [-0.3, -0.25) is 4.79 Å². The Morgan fingerprint density at radius 2 is 1.88 bits per heavy atom. The predicted octanol–water partition coefficient (Wildman–Crippen LogP) is 2.26. The number of nitrogens with one attached hydrogen (secondary N) is 1. The number of aryl methyl sites for hydroxylation is 4. The zero-order valence-corrected chi connectivity index (χ0v) is 14.0. The molecule has 0 fully saturated rings. The zero-order chi connectivity index (χ0) is 17.7. The fraction of sp³-hybridized carbons (Fsp3) is 0.412. The van der Waals surface area contributed by atoms with Gasteiger partial charge in [0.2, 0.25) is 11.8 Å². The lowest BCUT2D eigenvalue weighted by atomic mass is 10.0. The van der Waals surface area contributed by atoms with E-state index in [4.69, 9.17) is 4.52 Å². The first-order chi connectivity index (χ1) is 11.3. The summed E-state index contributed by atoms with van der Waals surface area (Å²) >= 11 is 0. The number of carbonyl (C=O) groups is 2. The van der Waals surface area contributed by atoms with Gasteiger partial charge in [-0.1, -0.05) is 34.5 Å². The van der Waals surface area contributed by atoms with Gasteiger partial charge in [-0.05, 0) is 32.8 Å². The summed E-state index contributed by atoms with van der Waals surface area (Å²) in [4.78, 5) is 27.6. The molecule has 1 unspecified atom stereocenters. The summed E-state index contributed by atoms with van der Waals surface area (Å²) in [6, 6.07) is 4.44. The molecule has 1 atom stereocenters. The van der Waals surface area contributed by atoms with Crippen molar-refractivity contribution in [1.29, 1.82) is 0 Å². The molecule has 2 aromatic rings. The van der Waals surface area contributed by atoms with Gasteiger partial charge in [0.25, 0.3) is 0 Å². The van der Waals surface area contributed by atoms with Crippen LogP contribution in [0.5, 0.6) is 0 Å². The normalized spacial score (nSPS) is 12.0. The van der Waals surface area contributed by atoms with Gasteiger partial charge >= 0.3 is 5.97 Å².